The molecule has 0 amide bonds. The van der Waals surface area contributed by atoms with E-state index in [1.54, 1.807) is 11.0 Å². The van der Waals surface area contributed by atoms with Gasteiger partial charge in [0.2, 0.25) is 5.71 Å². The van der Waals surface area contributed by atoms with Crippen LogP contribution in [0.5, 0.6) is 0 Å². The third kappa shape index (κ3) is 2.97. The Bertz CT molecular complexity index is 1080. The van der Waals surface area contributed by atoms with E-state index < -0.39 is 17.6 Å². The van der Waals surface area contributed by atoms with Crippen LogP contribution in [0.3, 0.4) is 0 Å². The number of hydrogen-bond donors (Lipinski definition) is 1. The van der Waals surface area contributed by atoms with Gasteiger partial charge in [0.15, 0.2) is 0 Å². The lowest BCUT2D eigenvalue weighted by atomic mass is 9.94. The fourth-order valence-corrected chi connectivity index (χ4v) is 3.94. The quantitative estimate of drug-likeness (QED) is 0.765. The van der Waals surface area contributed by atoms with Crippen molar-refractivity contribution in [2.24, 2.45) is 0 Å². The van der Waals surface area contributed by atoms with Crippen LogP contribution in [-0.4, -0.2) is 28.6 Å². The number of fused-ring (bicyclic) bond motifs is 1. The van der Waals surface area contributed by atoms with Crippen molar-refractivity contribution in [3.63, 3.8) is 0 Å². The fraction of sp³-hybridized carbons (Fsp3) is 0.286. The van der Waals surface area contributed by atoms with Gasteiger partial charge in [-0.15, -0.1) is 0 Å². The molecule has 0 aliphatic carbocycles. The number of carboxylic acids is 1. The highest BCUT2D eigenvalue weighted by atomic mass is 16.4. The highest BCUT2D eigenvalue weighted by molar-refractivity contribution is 5.94. The van der Waals surface area contributed by atoms with Gasteiger partial charge in [0.25, 0.3) is 0 Å². The predicted octanol–water partition coefficient (Wildman–Crippen LogP) is 3.53. The van der Waals surface area contributed by atoms with Gasteiger partial charge in [-0.25, -0.2) is 9.59 Å². The van der Waals surface area contributed by atoms with E-state index in [0.717, 1.165) is 34.1 Å². The van der Waals surface area contributed by atoms with Crippen LogP contribution in [0.4, 0.5) is 5.82 Å². The van der Waals surface area contributed by atoms with Crippen molar-refractivity contribution in [2.45, 2.75) is 32.7 Å². The molecule has 0 radical (unpaired) electrons. The summed E-state index contributed by atoms with van der Waals surface area (Å²) in [6.07, 6.45) is 1.38. The molecule has 1 aromatic carbocycles. The van der Waals surface area contributed by atoms with Gasteiger partial charge < -0.3 is 14.4 Å². The smallest absolute Gasteiger partial charge is 0.338 e. The Hall–Kier alpha value is -3.15. The van der Waals surface area contributed by atoms with Crippen molar-refractivity contribution in [3.05, 3.63) is 57.9 Å². The van der Waals surface area contributed by atoms with Gasteiger partial charge in [-0.1, -0.05) is 18.2 Å². The Morgan fingerprint density at radius 1 is 1.22 bits per heavy atom. The number of aryl methyl sites for hydroxylation is 2. The molecule has 1 aliphatic heterocycles. The van der Waals surface area contributed by atoms with E-state index in [4.69, 9.17) is 4.42 Å². The molecule has 138 valence electrons. The number of nitrogens with zero attached hydrogens (tertiary/aromatic N) is 2. The van der Waals surface area contributed by atoms with Gasteiger partial charge in [-0.3, -0.25) is 0 Å². The van der Waals surface area contributed by atoms with E-state index >= 15 is 0 Å². The van der Waals surface area contributed by atoms with Gasteiger partial charge >= 0.3 is 11.6 Å². The maximum atomic E-state index is 12.2. The largest absolute Gasteiger partial charge is 0.480 e. The molecule has 1 fully saturated rings. The van der Waals surface area contributed by atoms with E-state index in [2.05, 4.69) is 4.98 Å². The molecule has 27 heavy (non-hydrogen) atoms. The summed E-state index contributed by atoms with van der Waals surface area (Å²) >= 11 is 0. The number of benzene rings is 1. The van der Waals surface area contributed by atoms with Gasteiger partial charge in [0.1, 0.15) is 11.9 Å². The molecular formula is C21H20N2O4. The molecule has 4 rings (SSSR count). The van der Waals surface area contributed by atoms with Crippen molar-refractivity contribution in [3.8, 4) is 11.1 Å². The molecular weight excluding hydrogens is 344 g/mol. The van der Waals surface area contributed by atoms with Gasteiger partial charge in [0.05, 0.1) is 0 Å². The average Bonchev–Trinajstić information content (AvgIpc) is 3.11. The lowest BCUT2D eigenvalue weighted by Gasteiger charge is -2.22. The first-order valence-electron chi connectivity index (χ1n) is 8.96. The van der Waals surface area contributed by atoms with E-state index in [0.29, 0.717) is 18.8 Å². The number of rotatable bonds is 3. The van der Waals surface area contributed by atoms with Crippen molar-refractivity contribution >= 4 is 22.9 Å². The monoisotopic (exact) mass is 364 g/mol. The Morgan fingerprint density at radius 3 is 2.67 bits per heavy atom. The van der Waals surface area contributed by atoms with E-state index in [1.165, 1.54) is 6.07 Å². The van der Waals surface area contributed by atoms with Gasteiger partial charge in [0, 0.05) is 23.6 Å². The van der Waals surface area contributed by atoms with Crippen LogP contribution < -0.4 is 10.5 Å². The average molecular weight is 364 g/mol. The van der Waals surface area contributed by atoms with E-state index in [1.807, 2.05) is 38.1 Å². The first kappa shape index (κ1) is 17.3. The summed E-state index contributed by atoms with van der Waals surface area (Å²) in [6.45, 7) is 4.63. The molecule has 0 bridgehead atoms. The zero-order valence-electron chi connectivity index (χ0n) is 15.2. The normalized spacial score (nSPS) is 16.8. The Kier molecular flexibility index (Phi) is 4.18. The van der Waals surface area contributed by atoms with Crippen molar-refractivity contribution < 1.29 is 14.3 Å². The highest BCUT2D eigenvalue weighted by Gasteiger charge is 2.31. The number of aliphatic carboxylic acids is 1. The minimum Gasteiger partial charge on any atom is -0.480 e. The van der Waals surface area contributed by atoms with Crippen LogP contribution in [0.2, 0.25) is 0 Å². The maximum Gasteiger partial charge on any atom is 0.338 e. The standard InChI is InChI=1S/C21H20N2O4/c1-12-5-3-6-13(2)19(12)15-11-18(24)27-20-14(15)8-9-17(22-20)23-10-4-7-16(23)21(25)26/h3,5-6,8-9,11,16H,4,7,10H2,1-2H3,(H,25,26)/t16-/m0/s1. The predicted molar refractivity (Wildman–Crippen MR) is 103 cm³/mol. The van der Waals surface area contributed by atoms with Crippen LogP contribution in [0.1, 0.15) is 24.0 Å². The second kappa shape index (κ2) is 6.54. The Balaban J connectivity index is 1.90. The third-order valence-corrected chi connectivity index (χ3v) is 5.18. The number of carbonyl (C=O) groups is 1. The molecule has 0 unspecified atom stereocenters. The molecule has 6 heteroatoms. The van der Waals surface area contributed by atoms with Crippen molar-refractivity contribution in [1.29, 1.82) is 0 Å². The van der Waals surface area contributed by atoms with Crippen LogP contribution in [-0.2, 0) is 4.79 Å². The number of aromatic nitrogens is 1. The van der Waals surface area contributed by atoms with E-state index in [-0.39, 0.29) is 5.71 Å². The summed E-state index contributed by atoms with van der Waals surface area (Å²) in [4.78, 5) is 29.9. The van der Waals surface area contributed by atoms with Crippen molar-refractivity contribution in [2.75, 3.05) is 11.4 Å². The maximum absolute atomic E-state index is 12.2. The summed E-state index contributed by atoms with van der Waals surface area (Å²) in [5.41, 5.74) is 3.67. The summed E-state index contributed by atoms with van der Waals surface area (Å²) < 4.78 is 5.36. The summed E-state index contributed by atoms with van der Waals surface area (Å²) in [6, 6.07) is 10.6. The fourth-order valence-electron chi connectivity index (χ4n) is 3.94. The number of anilines is 1. The topological polar surface area (TPSA) is 83.6 Å². The zero-order chi connectivity index (χ0) is 19.1. The minimum atomic E-state index is -0.861. The number of hydrogen-bond acceptors (Lipinski definition) is 5. The zero-order valence-corrected chi connectivity index (χ0v) is 15.2. The third-order valence-electron chi connectivity index (χ3n) is 5.18. The lowest BCUT2D eigenvalue weighted by Crippen LogP contribution is -2.36. The number of carboxylic acid groups (broad SMARTS) is 1. The second-order valence-corrected chi connectivity index (χ2v) is 6.96. The first-order valence-corrected chi connectivity index (χ1v) is 8.96. The molecule has 1 N–H and O–H groups in total. The van der Waals surface area contributed by atoms with Gasteiger partial charge in [-0.05, 0) is 55.5 Å². The highest BCUT2D eigenvalue weighted by Crippen LogP contribution is 2.33. The van der Waals surface area contributed by atoms with Crippen LogP contribution >= 0.6 is 0 Å². The summed E-state index contributed by atoms with van der Waals surface area (Å²) in [5.74, 6) is -0.339. The van der Waals surface area contributed by atoms with Gasteiger partial charge in [-0.2, -0.15) is 4.98 Å². The summed E-state index contributed by atoms with van der Waals surface area (Å²) in [7, 11) is 0. The van der Waals surface area contributed by atoms with Crippen LogP contribution in [0, 0.1) is 13.8 Å². The second-order valence-electron chi connectivity index (χ2n) is 6.96. The Morgan fingerprint density at radius 2 is 1.96 bits per heavy atom. The number of pyridine rings is 1. The van der Waals surface area contributed by atoms with E-state index in [9.17, 15) is 14.7 Å². The summed E-state index contributed by atoms with van der Waals surface area (Å²) in [5, 5.41) is 10.2. The molecule has 0 spiro atoms. The molecule has 1 aliphatic rings. The van der Waals surface area contributed by atoms with Crippen LogP contribution in [0.25, 0.3) is 22.2 Å². The molecule has 3 aromatic rings. The van der Waals surface area contributed by atoms with Crippen molar-refractivity contribution in [1.82, 2.24) is 4.98 Å². The SMILES string of the molecule is Cc1cccc(C)c1-c1cc(=O)oc2nc(N3CCC[C@H]3C(=O)O)ccc12. The minimum absolute atomic E-state index is 0.230. The molecule has 0 saturated carbocycles. The molecule has 1 atom stereocenters. The molecule has 1 saturated heterocycles. The Labute approximate surface area is 156 Å². The molecule has 2 aromatic heterocycles. The molecule has 3 heterocycles. The molecule has 6 nitrogen and oxygen atoms in total. The lowest BCUT2D eigenvalue weighted by molar-refractivity contribution is -0.138. The van der Waals surface area contributed by atoms with Crippen LogP contribution in [0.15, 0.2) is 45.6 Å². The first-order chi connectivity index (χ1) is 13.0.